The minimum absolute atomic E-state index is 0.284. The van der Waals surface area contributed by atoms with Crippen LogP contribution in [0.5, 0.6) is 11.5 Å². The lowest BCUT2D eigenvalue weighted by Gasteiger charge is -2.38. The molecule has 1 saturated heterocycles. The van der Waals surface area contributed by atoms with Gasteiger partial charge in [-0.3, -0.25) is 0 Å². The van der Waals surface area contributed by atoms with Crippen molar-refractivity contribution in [1.29, 1.82) is 0 Å². The zero-order chi connectivity index (χ0) is 13.0. The highest BCUT2D eigenvalue weighted by atomic mass is 16.5. The third kappa shape index (κ3) is 2.76. The van der Waals surface area contributed by atoms with Gasteiger partial charge >= 0.3 is 0 Å². The largest absolute Gasteiger partial charge is 0.493 e. The van der Waals surface area contributed by atoms with E-state index in [0.717, 1.165) is 43.4 Å². The van der Waals surface area contributed by atoms with Crippen LogP contribution in [0.15, 0.2) is 18.2 Å². The van der Waals surface area contributed by atoms with Gasteiger partial charge in [0.1, 0.15) is 0 Å². The third-order valence-corrected chi connectivity index (χ3v) is 3.25. The number of rotatable bonds is 6. The van der Waals surface area contributed by atoms with Gasteiger partial charge in [0, 0.05) is 24.1 Å². The Labute approximate surface area is 108 Å². The lowest BCUT2D eigenvalue weighted by Crippen LogP contribution is -2.47. The normalized spacial score (nSPS) is 17.1. The van der Waals surface area contributed by atoms with Crippen LogP contribution in [-0.2, 0) is 11.3 Å². The zero-order valence-corrected chi connectivity index (χ0v) is 11.3. The molecule has 1 fully saturated rings. The molecule has 4 nitrogen and oxygen atoms in total. The second-order valence-electron chi connectivity index (χ2n) is 5.06. The van der Waals surface area contributed by atoms with Gasteiger partial charge in [0.25, 0.3) is 0 Å². The van der Waals surface area contributed by atoms with E-state index in [4.69, 9.17) is 14.2 Å². The Hall–Kier alpha value is -1.26. The van der Waals surface area contributed by atoms with Crippen LogP contribution in [0.3, 0.4) is 0 Å². The number of benzene rings is 1. The molecule has 0 aliphatic carbocycles. The van der Waals surface area contributed by atoms with Crippen LogP contribution in [0.2, 0.25) is 0 Å². The molecule has 0 unspecified atom stereocenters. The molecule has 0 radical (unpaired) electrons. The van der Waals surface area contributed by atoms with Gasteiger partial charge in [-0.15, -0.1) is 0 Å². The Kier molecular flexibility index (Phi) is 4.09. The molecule has 1 aromatic rings. The van der Waals surface area contributed by atoms with Gasteiger partial charge in [0.15, 0.2) is 11.5 Å². The van der Waals surface area contributed by atoms with E-state index in [2.05, 4.69) is 12.2 Å². The standard InChI is InChI=1S/C14H21NO3/c1-14(9-18-10-14)8-15-7-11-5-4-6-12(16-2)13(11)17-3/h4-6,15H,7-10H2,1-3H3. The van der Waals surface area contributed by atoms with E-state index in [9.17, 15) is 0 Å². The molecule has 0 saturated carbocycles. The van der Waals surface area contributed by atoms with Crippen LogP contribution in [0.4, 0.5) is 0 Å². The topological polar surface area (TPSA) is 39.7 Å². The molecule has 1 aromatic carbocycles. The molecular formula is C14H21NO3. The van der Waals surface area contributed by atoms with Crippen molar-refractivity contribution in [2.75, 3.05) is 34.0 Å². The SMILES string of the molecule is COc1cccc(CNCC2(C)COC2)c1OC. The Morgan fingerprint density at radius 2 is 2.06 bits per heavy atom. The molecule has 0 atom stereocenters. The number of hydrogen-bond donors (Lipinski definition) is 1. The number of hydrogen-bond acceptors (Lipinski definition) is 4. The molecule has 0 spiro atoms. The highest BCUT2D eigenvalue weighted by molar-refractivity contribution is 5.46. The Morgan fingerprint density at radius 3 is 2.61 bits per heavy atom. The van der Waals surface area contributed by atoms with Crippen LogP contribution in [0.1, 0.15) is 12.5 Å². The Morgan fingerprint density at radius 1 is 1.28 bits per heavy atom. The maximum Gasteiger partial charge on any atom is 0.165 e. The van der Waals surface area contributed by atoms with Crippen LogP contribution < -0.4 is 14.8 Å². The van der Waals surface area contributed by atoms with Crippen LogP contribution in [0, 0.1) is 5.41 Å². The molecule has 4 heteroatoms. The van der Waals surface area contributed by atoms with E-state index in [-0.39, 0.29) is 5.41 Å². The van der Waals surface area contributed by atoms with Crippen molar-refractivity contribution < 1.29 is 14.2 Å². The molecule has 0 amide bonds. The predicted molar refractivity (Wildman–Crippen MR) is 70.2 cm³/mol. The first kappa shape index (κ1) is 13.2. The minimum atomic E-state index is 0.284. The van der Waals surface area contributed by atoms with E-state index in [1.807, 2.05) is 18.2 Å². The van der Waals surface area contributed by atoms with Crippen molar-refractivity contribution in [3.05, 3.63) is 23.8 Å². The molecule has 0 bridgehead atoms. The summed E-state index contributed by atoms with van der Waals surface area (Å²) in [5, 5.41) is 3.45. The fraction of sp³-hybridized carbons (Fsp3) is 0.571. The fourth-order valence-corrected chi connectivity index (χ4v) is 2.14. The summed E-state index contributed by atoms with van der Waals surface area (Å²) < 4.78 is 15.9. The lowest BCUT2D eigenvalue weighted by atomic mass is 9.89. The van der Waals surface area contributed by atoms with E-state index in [1.165, 1.54) is 0 Å². The number of para-hydroxylation sites is 1. The molecular weight excluding hydrogens is 230 g/mol. The highest BCUT2D eigenvalue weighted by Gasteiger charge is 2.32. The maximum absolute atomic E-state index is 5.40. The molecule has 1 aliphatic rings. The molecule has 0 aromatic heterocycles. The van der Waals surface area contributed by atoms with Crippen LogP contribution in [0.25, 0.3) is 0 Å². The first-order valence-electron chi connectivity index (χ1n) is 6.17. The zero-order valence-electron chi connectivity index (χ0n) is 11.3. The van der Waals surface area contributed by atoms with Crippen molar-refractivity contribution in [3.8, 4) is 11.5 Å². The van der Waals surface area contributed by atoms with Crippen molar-refractivity contribution in [1.82, 2.24) is 5.32 Å². The summed E-state index contributed by atoms with van der Waals surface area (Å²) in [4.78, 5) is 0. The molecule has 1 aliphatic heterocycles. The highest BCUT2D eigenvalue weighted by Crippen LogP contribution is 2.31. The summed E-state index contributed by atoms with van der Waals surface area (Å²) in [6.45, 7) is 5.64. The van der Waals surface area contributed by atoms with Crippen molar-refractivity contribution in [2.45, 2.75) is 13.5 Å². The Bertz CT molecular complexity index is 402. The van der Waals surface area contributed by atoms with Crippen LogP contribution >= 0.6 is 0 Å². The van der Waals surface area contributed by atoms with Gasteiger partial charge in [-0.2, -0.15) is 0 Å². The summed E-state index contributed by atoms with van der Waals surface area (Å²) in [7, 11) is 3.32. The quantitative estimate of drug-likeness (QED) is 0.837. The third-order valence-electron chi connectivity index (χ3n) is 3.25. The first-order valence-corrected chi connectivity index (χ1v) is 6.17. The van der Waals surface area contributed by atoms with Gasteiger partial charge in [-0.1, -0.05) is 19.1 Å². The minimum Gasteiger partial charge on any atom is -0.493 e. The molecule has 100 valence electrons. The van der Waals surface area contributed by atoms with E-state index in [1.54, 1.807) is 14.2 Å². The fourth-order valence-electron chi connectivity index (χ4n) is 2.14. The molecule has 18 heavy (non-hydrogen) atoms. The molecule has 2 rings (SSSR count). The lowest BCUT2D eigenvalue weighted by molar-refractivity contribution is -0.0991. The van der Waals surface area contributed by atoms with E-state index >= 15 is 0 Å². The molecule has 1 heterocycles. The number of nitrogens with one attached hydrogen (secondary N) is 1. The number of ether oxygens (including phenoxy) is 3. The predicted octanol–water partition coefficient (Wildman–Crippen LogP) is 1.83. The van der Waals surface area contributed by atoms with Crippen molar-refractivity contribution >= 4 is 0 Å². The Balaban J connectivity index is 1.96. The summed E-state index contributed by atoms with van der Waals surface area (Å²) >= 11 is 0. The average Bonchev–Trinajstić information content (AvgIpc) is 2.36. The first-order chi connectivity index (χ1) is 8.68. The summed E-state index contributed by atoms with van der Waals surface area (Å²) in [6, 6.07) is 5.93. The van der Waals surface area contributed by atoms with E-state index in [0.29, 0.717) is 0 Å². The van der Waals surface area contributed by atoms with Gasteiger partial charge in [0.05, 0.1) is 27.4 Å². The smallest absolute Gasteiger partial charge is 0.165 e. The number of methoxy groups -OCH3 is 2. The molecule has 1 N–H and O–H groups in total. The summed E-state index contributed by atoms with van der Waals surface area (Å²) in [5.74, 6) is 1.58. The van der Waals surface area contributed by atoms with E-state index < -0.39 is 0 Å². The monoisotopic (exact) mass is 251 g/mol. The van der Waals surface area contributed by atoms with Crippen molar-refractivity contribution in [3.63, 3.8) is 0 Å². The average molecular weight is 251 g/mol. The van der Waals surface area contributed by atoms with Gasteiger partial charge in [-0.05, 0) is 6.07 Å². The van der Waals surface area contributed by atoms with Gasteiger partial charge in [0.2, 0.25) is 0 Å². The van der Waals surface area contributed by atoms with Gasteiger partial charge in [-0.25, -0.2) is 0 Å². The van der Waals surface area contributed by atoms with Gasteiger partial charge < -0.3 is 19.5 Å². The maximum atomic E-state index is 5.40. The second kappa shape index (κ2) is 5.59. The van der Waals surface area contributed by atoms with Crippen molar-refractivity contribution in [2.24, 2.45) is 5.41 Å². The second-order valence-corrected chi connectivity index (χ2v) is 5.06. The van der Waals surface area contributed by atoms with Crippen LogP contribution in [-0.4, -0.2) is 34.0 Å². The summed E-state index contributed by atoms with van der Waals surface area (Å²) in [6.07, 6.45) is 0. The summed E-state index contributed by atoms with van der Waals surface area (Å²) in [5.41, 5.74) is 1.40.